The Hall–Kier alpha value is -1.56. The number of rotatable bonds is 8. The van der Waals surface area contributed by atoms with Crippen molar-refractivity contribution in [2.24, 2.45) is 0 Å². The van der Waals surface area contributed by atoms with Gasteiger partial charge in [-0.2, -0.15) is 5.10 Å². The molecule has 2 N–H and O–H groups in total. The highest BCUT2D eigenvalue weighted by molar-refractivity contribution is 6.30. The van der Waals surface area contributed by atoms with Crippen LogP contribution in [0.2, 0.25) is 5.02 Å². The molecule has 1 aromatic carbocycles. The standard InChI is InChI=1S/C15H20ClN3O2/c1-3-20-15(21-4-2)10-17-14-9-13(18-19-14)11-5-7-12(16)8-6-11/h5-9,15H,3-4,10H2,1-2H3,(H2,17,18,19). The number of ether oxygens (including phenoxy) is 2. The molecule has 1 aromatic heterocycles. The fraction of sp³-hybridized carbons (Fsp3) is 0.400. The van der Waals surface area contributed by atoms with Crippen molar-refractivity contribution < 1.29 is 9.47 Å². The van der Waals surface area contributed by atoms with Crippen LogP contribution in [0.5, 0.6) is 0 Å². The zero-order chi connectivity index (χ0) is 15.1. The van der Waals surface area contributed by atoms with Crippen LogP contribution < -0.4 is 5.32 Å². The number of halogens is 1. The third-order valence-electron chi connectivity index (χ3n) is 2.89. The predicted octanol–water partition coefficient (Wildman–Crippen LogP) is 3.54. The molecule has 0 aliphatic heterocycles. The van der Waals surface area contributed by atoms with E-state index in [1.807, 2.05) is 44.2 Å². The molecule has 0 aliphatic rings. The molecule has 0 aliphatic carbocycles. The van der Waals surface area contributed by atoms with Crippen LogP contribution in [0.3, 0.4) is 0 Å². The van der Waals surface area contributed by atoms with E-state index in [9.17, 15) is 0 Å². The maximum absolute atomic E-state index is 5.88. The largest absolute Gasteiger partial charge is 0.363 e. The number of benzene rings is 1. The van der Waals surface area contributed by atoms with Gasteiger partial charge in [-0.1, -0.05) is 23.7 Å². The highest BCUT2D eigenvalue weighted by Crippen LogP contribution is 2.21. The first kappa shape index (κ1) is 15.8. The average molecular weight is 310 g/mol. The molecule has 21 heavy (non-hydrogen) atoms. The molecule has 0 spiro atoms. The molecule has 0 unspecified atom stereocenters. The Bertz CT molecular complexity index is 536. The lowest BCUT2D eigenvalue weighted by Gasteiger charge is -2.16. The number of aromatic amines is 1. The minimum absolute atomic E-state index is 0.268. The second-order valence-electron chi connectivity index (χ2n) is 4.39. The van der Waals surface area contributed by atoms with Gasteiger partial charge in [0, 0.05) is 24.3 Å². The van der Waals surface area contributed by atoms with Crippen molar-refractivity contribution in [2.75, 3.05) is 25.1 Å². The van der Waals surface area contributed by atoms with Crippen LogP contribution in [-0.4, -0.2) is 36.2 Å². The summed E-state index contributed by atoms with van der Waals surface area (Å²) in [6, 6.07) is 9.54. The van der Waals surface area contributed by atoms with Crippen LogP contribution in [0.4, 0.5) is 5.82 Å². The molecule has 0 saturated carbocycles. The number of aromatic nitrogens is 2. The highest BCUT2D eigenvalue weighted by Gasteiger charge is 2.09. The average Bonchev–Trinajstić information content (AvgIpc) is 2.95. The molecule has 0 fully saturated rings. The number of nitrogens with zero attached hydrogens (tertiary/aromatic N) is 1. The second-order valence-corrected chi connectivity index (χ2v) is 4.83. The van der Waals surface area contributed by atoms with Crippen molar-refractivity contribution in [1.29, 1.82) is 0 Å². The third kappa shape index (κ3) is 4.74. The van der Waals surface area contributed by atoms with Crippen molar-refractivity contribution in [3.63, 3.8) is 0 Å². The van der Waals surface area contributed by atoms with Gasteiger partial charge in [-0.25, -0.2) is 0 Å². The number of hydrogen-bond acceptors (Lipinski definition) is 4. The van der Waals surface area contributed by atoms with Crippen LogP contribution >= 0.6 is 11.6 Å². The van der Waals surface area contributed by atoms with Crippen molar-refractivity contribution in [2.45, 2.75) is 20.1 Å². The SMILES string of the molecule is CCOC(CNc1cc(-c2ccc(Cl)cc2)[nH]n1)OCC. The summed E-state index contributed by atoms with van der Waals surface area (Å²) in [6.07, 6.45) is -0.268. The van der Waals surface area contributed by atoms with E-state index >= 15 is 0 Å². The van der Waals surface area contributed by atoms with Gasteiger partial charge in [0.15, 0.2) is 6.29 Å². The Balaban J connectivity index is 1.95. The summed E-state index contributed by atoms with van der Waals surface area (Å²) in [5, 5.41) is 11.1. The van der Waals surface area contributed by atoms with Crippen molar-refractivity contribution >= 4 is 17.4 Å². The zero-order valence-electron chi connectivity index (χ0n) is 12.2. The van der Waals surface area contributed by atoms with E-state index in [2.05, 4.69) is 15.5 Å². The Labute approximate surface area is 129 Å². The Morgan fingerprint density at radius 2 is 1.86 bits per heavy atom. The van der Waals surface area contributed by atoms with Crippen LogP contribution in [0.15, 0.2) is 30.3 Å². The molecular formula is C15H20ClN3O2. The van der Waals surface area contributed by atoms with Crippen LogP contribution in [0.25, 0.3) is 11.3 Å². The molecule has 5 nitrogen and oxygen atoms in total. The molecule has 0 atom stereocenters. The summed E-state index contributed by atoms with van der Waals surface area (Å²) in [5.74, 6) is 0.754. The summed E-state index contributed by atoms with van der Waals surface area (Å²) in [7, 11) is 0. The topological polar surface area (TPSA) is 59.2 Å². The summed E-state index contributed by atoms with van der Waals surface area (Å²) in [6.45, 7) is 5.66. The monoisotopic (exact) mass is 309 g/mol. The van der Waals surface area contributed by atoms with Crippen LogP contribution in [-0.2, 0) is 9.47 Å². The summed E-state index contributed by atoms with van der Waals surface area (Å²) < 4.78 is 10.9. The molecule has 114 valence electrons. The molecule has 6 heteroatoms. The summed E-state index contributed by atoms with van der Waals surface area (Å²) in [4.78, 5) is 0. The van der Waals surface area contributed by atoms with Gasteiger partial charge in [0.25, 0.3) is 0 Å². The van der Waals surface area contributed by atoms with Gasteiger partial charge in [-0.05, 0) is 31.5 Å². The third-order valence-corrected chi connectivity index (χ3v) is 3.14. The van der Waals surface area contributed by atoms with Gasteiger partial charge in [-0.15, -0.1) is 0 Å². The molecule has 0 amide bonds. The van der Waals surface area contributed by atoms with E-state index in [-0.39, 0.29) is 6.29 Å². The summed E-state index contributed by atoms with van der Waals surface area (Å²) >= 11 is 5.88. The number of nitrogens with one attached hydrogen (secondary N) is 2. The Kier molecular flexibility index (Phi) is 6.04. The fourth-order valence-corrected chi connectivity index (χ4v) is 2.04. The molecule has 0 saturated heterocycles. The van der Waals surface area contributed by atoms with Crippen molar-refractivity contribution in [3.8, 4) is 11.3 Å². The zero-order valence-corrected chi connectivity index (χ0v) is 13.0. The number of H-pyrrole nitrogens is 1. The van der Waals surface area contributed by atoms with E-state index in [0.29, 0.717) is 24.8 Å². The molecule has 2 rings (SSSR count). The van der Waals surface area contributed by atoms with Crippen LogP contribution in [0, 0.1) is 0 Å². The Morgan fingerprint density at radius 1 is 1.19 bits per heavy atom. The minimum atomic E-state index is -0.268. The molecule has 1 heterocycles. The van der Waals surface area contributed by atoms with Gasteiger partial charge < -0.3 is 14.8 Å². The molecule has 0 bridgehead atoms. The van der Waals surface area contributed by atoms with E-state index in [0.717, 1.165) is 17.1 Å². The lowest BCUT2D eigenvalue weighted by molar-refractivity contribution is -0.126. The quantitative estimate of drug-likeness (QED) is 0.732. The van der Waals surface area contributed by atoms with Crippen molar-refractivity contribution in [1.82, 2.24) is 10.2 Å². The Morgan fingerprint density at radius 3 is 2.48 bits per heavy atom. The van der Waals surface area contributed by atoms with E-state index in [1.54, 1.807) is 0 Å². The van der Waals surface area contributed by atoms with Crippen LogP contribution in [0.1, 0.15) is 13.8 Å². The van der Waals surface area contributed by atoms with E-state index in [1.165, 1.54) is 0 Å². The van der Waals surface area contributed by atoms with E-state index < -0.39 is 0 Å². The molecular weight excluding hydrogens is 290 g/mol. The van der Waals surface area contributed by atoms with Gasteiger partial charge in [-0.3, -0.25) is 5.10 Å². The summed E-state index contributed by atoms with van der Waals surface area (Å²) in [5.41, 5.74) is 1.96. The first-order valence-corrected chi connectivity index (χ1v) is 7.39. The minimum Gasteiger partial charge on any atom is -0.363 e. The highest BCUT2D eigenvalue weighted by atomic mass is 35.5. The predicted molar refractivity (Wildman–Crippen MR) is 84.6 cm³/mol. The lowest BCUT2D eigenvalue weighted by atomic mass is 10.1. The molecule has 2 aromatic rings. The maximum Gasteiger partial charge on any atom is 0.174 e. The number of hydrogen-bond donors (Lipinski definition) is 2. The smallest absolute Gasteiger partial charge is 0.174 e. The van der Waals surface area contributed by atoms with Gasteiger partial charge in [0.1, 0.15) is 5.82 Å². The van der Waals surface area contributed by atoms with E-state index in [4.69, 9.17) is 21.1 Å². The maximum atomic E-state index is 5.88. The van der Waals surface area contributed by atoms with Gasteiger partial charge in [0.05, 0.1) is 12.2 Å². The lowest BCUT2D eigenvalue weighted by Crippen LogP contribution is -2.26. The van der Waals surface area contributed by atoms with Gasteiger partial charge >= 0.3 is 0 Å². The van der Waals surface area contributed by atoms with Gasteiger partial charge in [0.2, 0.25) is 0 Å². The normalized spacial score (nSPS) is 11.0. The first-order valence-electron chi connectivity index (χ1n) is 7.01. The van der Waals surface area contributed by atoms with Crippen molar-refractivity contribution in [3.05, 3.63) is 35.4 Å². The molecule has 0 radical (unpaired) electrons. The fourth-order valence-electron chi connectivity index (χ4n) is 1.92. The first-order chi connectivity index (χ1) is 10.2. The number of anilines is 1. The second kappa shape index (κ2) is 8.02.